The number of ether oxygens (including phenoxy) is 1. The third-order valence-electron chi connectivity index (χ3n) is 3.31. The number of halogens is 1. The minimum Gasteiger partial charge on any atom is -0.467 e. The normalized spacial score (nSPS) is 19.1. The van der Waals surface area contributed by atoms with Gasteiger partial charge in [-0.25, -0.2) is 4.79 Å². The number of esters is 1. The SMILES string of the molecule is COC(=O)[C@H]1CCCCN1C(=O)c1cccc(Cl)c1. The molecule has 102 valence electrons. The fourth-order valence-corrected chi connectivity index (χ4v) is 2.53. The van der Waals surface area contributed by atoms with Crippen molar-refractivity contribution in [1.82, 2.24) is 4.90 Å². The monoisotopic (exact) mass is 281 g/mol. The van der Waals surface area contributed by atoms with Gasteiger partial charge in [-0.1, -0.05) is 17.7 Å². The third-order valence-corrected chi connectivity index (χ3v) is 3.54. The Hall–Kier alpha value is -1.55. The van der Waals surface area contributed by atoms with Crippen LogP contribution in [0.25, 0.3) is 0 Å². The summed E-state index contributed by atoms with van der Waals surface area (Å²) in [6, 6.07) is 6.29. The Morgan fingerprint density at radius 2 is 2.16 bits per heavy atom. The summed E-state index contributed by atoms with van der Waals surface area (Å²) in [5, 5.41) is 0.512. The Kier molecular flexibility index (Phi) is 4.43. The van der Waals surface area contributed by atoms with Crippen LogP contribution in [-0.4, -0.2) is 36.5 Å². The van der Waals surface area contributed by atoms with Gasteiger partial charge in [-0.2, -0.15) is 0 Å². The second-order valence-electron chi connectivity index (χ2n) is 4.54. The Bertz CT molecular complexity index is 489. The first-order chi connectivity index (χ1) is 9.13. The maximum Gasteiger partial charge on any atom is 0.328 e. The summed E-state index contributed by atoms with van der Waals surface area (Å²) in [5.41, 5.74) is 0.503. The smallest absolute Gasteiger partial charge is 0.328 e. The maximum atomic E-state index is 12.4. The van der Waals surface area contributed by atoms with Crippen molar-refractivity contribution in [2.45, 2.75) is 25.3 Å². The van der Waals surface area contributed by atoms with Crippen molar-refractivity contribution < 1.29 is 14.3 Å². The molecule has 4 nitrogen and oxygen atoms in total. The first kappa shape index (κ1) is 13.9. The minimum absolute atomic E-state index is 0.169. The standard InChI is InChI=1S/C14H16ClNO3/c1-19-14(18)12-7-2-3-8-16(12)13(17)10-5-4-6-11(15)9-10/h4-6,9,12H,2-3,7-8H2,1H3/t12-/m1/s1. The lowest BCUT2D eigenvalue weighted by atomic mass is 10.0. The van der Waals surface area contributed by atoms with Crippen molar-refractivity contribution >= 4 is 23.5 Å². The van der Waals surface area contributed by atoms with Crippen LogP contribution in [0.5, 0.6) is 0 Å². The molecule has 0 unspecified atom stereocenters. The maximum absolute atomic E-state index is 12.4. The molecule has 0 radical (unpaired) electrons. The van der Waals surface area contributed by atoms with Crippen LogP contribution in [0.2, 0.25) is 5.02 Å². The van der Waals surface area contributed by atoms with Crippen LogP contribution < -0.4 is 0 Å². The second-order valence-corrected chi connectivity index (χ2v) is 4.98. The minimum atomic E-state index is -0.481. The van der Waals surface area contributed by atoms with Crippen LogP contribution in [0.15, 0.2) is 24.3 Å². The lowest BCUT2D eigenvalue weighted by molar-refractivity contribution is -0.147. The molecule has 1 saturated heterocycles. The van der Waals surface area contributed by atoms with Gasteiger partial charge in [0.2, 0.25) is 0 Å². The van der Waals surface area contributed by atoms with E-state index in [1.54, 1.807) is 29.2 Å². The van der Waals surface area contributed by atoms with Gasteiger partial charge in [-0.05, 0) is 37.5 Å². The highest BCUT2D eigenvalue weighted by molar-refractivity contribution is 6.31. The van der Waals surface area contributed by atoms with E-state index in [1.165, 1.54) is 7.11 Å². The molecule has 1 aliphatic heterocycles. The highest BCUT2D eigenvalue weighted by Gasteiger charge is 2.33. The van der Waals surface area contributed by atoms with Crippen molar-refractivity contribution in [1.29, 1.82) is 0 Å². The summed E-state index contributed by atoms with van der Waals surface area (Å²) in [4.78, 5) is 25.8. The Morgan fingerprint density at radius 1 is 1.37 bits per heavy atom. The number of rotatable bonds is 2. The molecule has 0 aromatic heterocycles. The third kappa shape index (κ3) is 3.07. The lowest BCUT2D eigenvalue weighted by Gasteiger charge is -2.33. The Balaban J connectivity index is 2.22. The fraction of sp³-hybridized carbons (Fsp3) is 0.429. The molecule has 1 aliphatic rings. The van der Waals surface area contributed by atoms with Gasteiger partial charge in [0, 0.05) is 17.1 Å². The molecule has 0 bridgehead atoms. The van der Waals surface area contributed by atoms with Gasteiger partial charge in [-0.15, -0.1) is 0 Å². The number of methoxy groups -OCH3 is 1. The van der Waals surface area contributed by atoms with E-state index < -0.39 is 6.04 Å². The average molecular weight is 282 g/mol. The molecular formula is C14H16ClNO3. The molecule has 1 heterocycles. The number of hydrogen-bond donors (Lipinski definition) is 0. The summed E-state index contributed by atoms with van der Waals surface area (Å²) < 4.78 is 4.77. The first-order valence-corrected chi connectivity index (χ1v) is 6.65. The number of benzene rings is 1. The Morgan fingerprint density at radius 3 is 2.84 bits per heavy atom. The van der Waals surface area contributed by atoms with Gasteiger partial charge in [-0.3, -0.25) is 4.79 Å². The van der Waals surface area contributed by atoms with Gasteiger partial charge in [0.15, 0.2) is 0 Å². The van der Waals surface area contributed by atoms with E-state index in [9.17, 15) is 9.59 Å². The van der Waals surface area contributed by atoms with E-state index in [0.29, 0.717) is 23.6 Å². The number of carbonyl (C=O) groups excluding carboxylic acids is 2. The van der Waals surface area contributed by atoms with Crippen molar-refractivity contribution in [3.8, 4) is 0 Å². The molecule has 5 heteroatoms. The molecule has 0 aliphatic carbocycles. The zero-order chi connectivity index (χ0) is 13.8. The number of amides is 1. The van der Waals surface area contributed by atoms with Gasteiger partial charge in [0.25, 0.3) is 5.91 Å². The van der Waals surface area contributed by atoms with Crippen LogP contribution in [0.4, 0.5) is 0 Å². The predicted octanol–water partition coefficient (Wildman–Crippen LogP) is 2.51. The van der Waals surface area contributed by atoms with E-state index in [-0.39, 0.29) is 11.9 Å². The fourth-order valence-electron chi connectivity index (χ4n) is 2.34. The summed E-state index contributed by atoms with van der Waals surface area (Å²) in [6.45, 7) is 0.575. The van der Waals surface area contributed by atoms with Crippen LogP contribution in [0.3, 0.4) is 0 Å². The molecule has 2 rings (SSSR count). The van der Waals surface area contributed by atoms with E-state index in [2.05, 4.69) is 0 Å². The van der Waals surface area contributed by atoms with Crippen LogP contribution in [0, 0.1) is 0 Å². The zero-order valence-electron chi connectivity index (χ0n) is 10.8. The predicted molar refractivity (Wildman–Crippen MR) is 72.1 cm³/mol. The van der Waals surface area contributed by atoms with Crippen LogP contribution in [0.1, 0.15) is 29.6 Å². The molecule has 0 saturated carbocycles. The summed E-state index contributed by atoms with van der Waals surface area (Å²) in [6.07, 6.45) is 2.48. The van der Waals surface area contributed by atoms with Crippen molar-refractivity contribution in [3.05, 3.63) is 34.9 Å². The molecule has 1 atom stereocenters. The molecule has 0 N–H and O–H groups in total. The molecule has 1 aromatic rings. The average Bonchev–Trinajstić information content (AvgIpc) is 2.45. The van der Waals surface area contributed by atoms with Gasteiger partial charge in [0.1, 0.15) is 6.04 Å². The highest BCUT2D eigenvalue weighted by atomic mass is 35.5. The number of likely N-dealkylation sites (tertiary alicyclic amines) is 1. The van der Waals surface area contributed by atoms with E-state index in [0.717, 1.165) is 12.8 Å². The van der Waals surface area contributed by atoms with E-state index in [4.69, 9.17) is 16.3 Å². The van der Waals surface area contributed by atoms with Gasteiger partial charge < -0.3 is 9.64 Å². The number of piperidine rings is 1. The van der Waals surface area contributed by atoms with Crippen molar-refractivity contribution in [2.75, 3.05) is 13.7 Å². The molecule has 1 fully saturated rings. The molecule has 1 amide bonds. The van der Waals surface area contributed by atoms with E-state index >= 15 is 0 Å². The van der Waals surface area contributed by atoms with Crippen molar-refractivity contribution in [3.63, 3.8) is 0 Å². The molecular weight excluding hydrogens is 266 g/mol. The van der Waals surface area contributed by atoms with Gasteiger partial charge >= 0.3 is 5.97 Å². The van der Waals surface area contributed by atoms with Crippen molar-refractivity contribution in [2.24, 2.45) is 0 Å². The zero-order valence-corrected chi connectivity index (χ0v) is 11.5. The van der Waals surface area contributed by atoms with Crippen LogP contribution in [-0.2, 0) is 9.53 Å². The highest BCUT2D eigenvalue weighted by Crippen LogP contribution is 2.21. The topological polar surface area (TPSA) is 46.6 Å². The summed E-state index contributed by atoms with van der Waals surface area (Å²) in [7, 11) is 1.35. The molecule has 0 spiro atoms. The lowest BCUT2D eigenvalue weighted by Crippen LogP contribution is -2.48. The largest absolute Gasteiger partial charge is 0.467 e. The second kappa shape index (κ2) is 6.06. The molecule has 19 heavy (non-hydrogen) atoms. The molecule has 1 aromatic carbocycles. The Labute approximate surface area is 117 Å². The number of hydrogen-bond acceptors (Lipinski definition) is 3. The number of nitrogens with zero attached hydrogens (tertiary/aromatic N) is 1. The van der Waals surface area contributed by atoms with E-state index in [1.807, 2.05) is 0 Å². The summed E-state index contributed by atoms with van der Waals surface area (Å²) >= 11 is 5.89. The first-order valence-electron chi connectivity index (χ1n) is 6.28. The van der Waals surface area contributed by atoms with Crippen LogP contribution >= 0.6 is 11.6 Å². The van der Waals surface area contributed by atoms with Gasteiger partial charge in [0.05, 0.1) is 7.11 Å². The number of carbonyl (C=O) groups is 2. The summed E-state index contributed by atoms with van der Waals surface area (Å²) in [5.74, 6) is -0.521. The quantitative estimate of drug-likeness (QED) is 0.783.